The van der Waals surface area contributed by atoms with Crippen LogP contribution in [0.3, 0.4) is 0 Å². The Morgan fingerprint density at radius 1 is 1.38 bits per heavy atom. The lowest BCUT2D eigenvalue weighted by molar-refractivity contribution is -0.148. The number of benzene rings is 1. The molecule has 0 bridgehead atoms. The molecule has 1 amide bonds. The van der Waals surface area contributed by atoms with Crippen LogP contribution >= 0.6 is 0 Å². The molecule has 1 aliphatic heterocycles. The molecule has 1 fully saturated rings. The van der Waals surface area contributed by atoms with E-state index >= 15 is 0 Å². The van der Waals surface area contributed by atoms with Crippen LogP contribution in [-0.2, 0) is 9.59 Å². The van der Waals surface area contributed by atoms with Crippen molar-refractivity contribution in [3.05, 3.63) is 30.1 Å². The van der Waals surface area contributed by atoms with Gasteiger partial charge in [0.1, 0.15) is 6.04 Å². The highest BCUT2D eigenvalue weighted by atomic mass is 19.1. The molecule has 0 aliphatic carbocycles. The number of aliphatic carboxylic acids is 1. The van der Waals surface area contributed by atoms with Crippen molar-refractivity contribution in [3.8, 4) is 5.75 Å². The van der Waals surface area contributed by atoms with Crippen molar-refractivity contribution < 1.29 is 23.8 Å². The Morgan fingerprint density at radius 3 is 2.86 bits per heavy atom. The number of halogens is 1. The van der Waals surface area contributed by atoms with Crippen LogP contribution in [-0.4, -0.2) is 41.1 Å². The summed E-state index contributed by atoms with van der Waals surface area (Å²) >= 11 is 0. The number of ether oxygens (including phenoxy) is 1. The van der Waals surface area contributed by atoms with Gasteiger partial charge in [-0.05, 0) is 31.4 Å². The summed E-state index contributed by atoms with van der Waals surface area (Å²) in [5, 5.41) is 9.02. The average molecular weight is 295 g/mol. The Labute approximate surface area is 122 Å². The largest absolute Gasteiger partial charge is 0.491 e. The van der Waals surface area contributed by atoms with Gasteiger partial charge < -0.3 is 14.7 Å². The Morgan fingerprint density at radius 2 is 2.14 bits per heavy atom. The summed E-state index contributed by atoms with van der Waals surface area (Å²) in [6, 6.07) is 5.38. The molecule has 21 heavy (non-hydrogen) atoms. The third-order valence-electron chi connectivity index (χ3n) is 3.49. The highest BCUT2D eigenvalue weighted by Crippen LogP contribution is 2.19. The molecule has 1 aromatic rings. The van der Waals surface area contributed by atoms with Gasteiger partial charge in [-0.2, -0.15) is 0 Å². The van der Waals surface area contributed by atoms with Crippen molar-refractivity contribution in [2.45, 2.75) is 31.7 Å². The first-order valence-electron chi connectivity index (χ1n) is 6.99. The van der Waals surface area contributed by atoms with E-state index in [1.165, 1.54) is 17.0 Å². The van der Waals surface area contributed by atoms with Crippen molar-refractivity contribution >= 4 is 11.9 Å². The van der Waals surface area contributed by atoms with Crippen LogP contribution in [0.5, 0.6) is 5.75 Å². The van der Waals surface area contributed by atoms with Gasteiger partial charge in [-0.15, -0.1) is 0 Å². The molecule has 1 N–H and O–H groups in total. The second-order valence-corrected chi connectivity index (χ2v) is 4.97. The van der Waals surface area contributed by atoms with Gasteiger partial charge in [-0.25, -0.2) is 9.18 Å². The fourth-order valence-corrected chi connectivity index (χ4v) is 2.43. The van der Waals surface area contributed by atoms with Crippen LogP contribution in [0.4, 0.5) is 4.39 Å². The normalized spacial score (nSPS) is 17.8. The minimum Gasteiger partial charge on any atom is -0.491 e. The minimum absolute atomic E-state index is 0.162. The maximum Gasteiger partial charge on any atom is 0.326 e. The predicted molar refractivity (Wildman–Crippen MR) is 73.5 cm³/mol. The number of carboxylic acid groups (broad SMARTS) is 1. The molecule has 0 radical (unpaired) electrons. The van der Waals surface area contributed by atoms with Crippen molar-refractivity contribution in [2.75, 3.05) is 13.2 Å². The topological polar surface area (TPSA) is 66.8 Å². The van der Waals surface area contributed by atoms with E-state index in [9.17, 15) is 14.0 Å². The predicted octanol–water partition coefficient (Wildman–Crippen LogP) is 2.06. The molecule has 5 nitrogen and oxygen atoms in total. The lowest BCUT2D eigenvalue weighted by Crippen LogP contribution is -2.40. The standard InChI is InChI=1S/C15H18FNO4/c16-11-5-1-2-7-13(11)21-10-4-8-14(18)17-9-3-6-12(17)15(19)20/h1-2,5,7,12H,3-4,6,8-10H2,(H,19,20)/t12-/m1/s1. The number of para-hydroxylation sites is 1. The molecule has 0 aromatic heterocycles. The van der Waals surface area contributed by atoms with E-state index in [-0.39, 0.29) is 24.7 Å². The molecule has 1 heterocycles. The van der Waals surface area contributed by atoms with Crippen LogP contribution in [0.1, 0.15) is 25.7 Å². The molecule has 0 saturated carbocycles. The summed E-state index contributed by atoms with van der Waals surface area (Å²) in [6.07, 6.45) is 1.86. The number of amides is 1. The molecule has 6 heteroatoms. The SMILES string of the molecule is O=C(O)[C@H]1CCCN1C(=O)CCCOc1ccccc1F. The van der Waals surface area contributed by atoms with E-state index in [2.05, 4.69) is 0 Å². The number of carbonyl (C=O) groups excluding carboxylic acids is 1. The summed E-state index contributed by atoms with van der Waals surface area (Å²) < 4.78 is 18.6. The van der Waals surface area contributed by atoms with Crippen LogP contribution < -0.4 is 4.74 Å². The van der Waals surface area contributed by atoms with Gasteiger partial charge in [0.25, 0.3) is 0 Å². The van der Waals surface area contributed by atoms with E-state index in [1.54, 1.807) is 12.1 Å². The highest BCUT2D eigenvalue weighted by molar-refractivity contribution is 5.84. The van der Waals surface area contributed by atoms with Crippen LogP contribution in [0.25, 0.3) is 0 Å². The van der Waals surface area contributed by atoms with Crippen molar-refractivity contribution in [1.82, 2.24) is 4.90 Å². The fourth-order valence-electron chi connectivity index (χ4n) is 2.43. The smallest absolute Gasteiger partial charge is 0.326 e. The molecular weight excluding hydrogens is 277 g/mol. The minimum atomic E-state index is -0.955. The third-order valence-corrected chi connectivity index (χ3v) is 3.49. The lowest BCUT2D eigenvalue weighted by Gasteiger charge is -2.21. The Bertz CT molecular complexity index is 520. The molecule has 1 aliphatic rings. The third kappa shape index (κ3) is 3.93. The number of hydrogen-bond acceptors (Lipinski definition) is 3. The summed E-state index contributed by atoms with van der Waals surface area (Å²) in [5.41, 5.74) is 0. The van der Waals surface area contributed by atoms with Gasteiger partial charge in [0.15, 0.2) is 11.6 Å². The Balaban J connectivity index is 1.75. The molecule has 0 spiro atoms. The lowest BCUT2D eigenvalue weighted by atomic mass is 10.2. The highest BCUT2D eigenvalue weighted by Gasteiger charge is 2.33. The van der Waals surface area contributed by atoms with Crippen LogP contribution in [0.15, 0.2) is 24.3 Å². The zero-order chi connectivity index (χ0) is 15.2. The zero-order valence-corrected chi connectivity index (χ0v) is 11.6. The van der Waals surface area contributed by atoms with Crippen molar-refractivity contribution in [2.24, 2.45) is 0 Å². The van der Waals surface area contributed by atoms with E-state index < -0.39 is 17.8 Å². The Hall–Kier alpha value is -2.11. The first-order valence-corrected chi connectivity index (χ1v) is 6.99. The second kappa shape index (κ2) is 7.06. The van der Waals surface area contributed by atoms with Gasteiger partial charge in [-0.3, -0.25) is 4.79 Å². The first kappa shape index (κ1) is 15.3. The van der Waals surface area contributed by atoms with E-state index in [0.29, 0.717) is 25.8 Å². The van der Waals surface area contributed by atoms with Crippen LogP contribution in [0, 0.1) is 5.82 Å². The van der Waals surface area contributed by atoms with E-state index in [1.807, 2.05) is 0 Å². The summed E-state index contributed by atoms with van der Waals surface area (Å²) in [5.74, 6) is -1.41. The maximum atomic E-state index is 13.3. The number of hydrogen-bond donors (Lipinski definition) is 1. The van der Waals surface area contributed by atoms with Crippen molar-refractivity contribution in [1.29, 1.82) is 0 Å². The zero-order valence-electron chi connectivity index (χ0n) is 11.6. The molecule has 114 valence electrons. The number of carboxylic acids is 1. The molecule has 1 atom stereocenters. The molecule has 0 unspecified atom stereocenters. The van der Waals surface area contributed by atoms with Crippen molar-refractivity contribution in [3.63, 3.8) is 0 Å². The second-order valence-electron chi connectivity index (χ2n) is 4.97. The van der Waals surface area contributed by atoms with Gasteiger partial charge in [0, 0.05) is 13.0 Å². The first-order chi connectivity index (χ1) is 10.1. The monoisotopic (exact) mass is 295 g/mol. The summed E-state index contributed by atoms with van der Waals surface area (Å²) in [7, 11) is 0. The molecule has 2 rings (SSSR count). The molecule has 1 aromatic carbocycles. The fraction of sp³-hybridized carbons (Fsp3) is 0.467. The van der Waals surface area contributed by atoms with Gasteiger partial charge in [0.2, 0.25) is 5.91 Å². The molecular formula is C15H18FNO4. The van der Waals surface area contributed by atoms with Crippen LogP contribution in [0.2, 0.25) is 0 Å². The number of carbonyl (C=O) groups is 2. The van der Waals surface area contributed by atoms with Gasteiger partial charge in [0.05, 0.1) is 6.61 Å². The number of likely N-dealkylation sites (tertiary alicyclic amines) is 1. The maximum absolute atomic E-state index is 13.3. The number of rotatable bonds is 6. The average Bonchev–Trinajstić information content (AvgIpc) is 2.95. The Kier molecular flexibility index (Phi) is 5.14. The van der Waals surface area contributed by atoms with Gasteiger partial charge in [-0.1, -0.05) is 12.1 Å². The van der Waals surface area contributed by atoms with E-state index in [4.69, 9.17) is 9.84 Å². The van der Waals surface area contributed by atoms with E-state index in [0.717, 1.165) is 0 Å². The summed E-state index contributed by atoms with van der Waals surface area (Å²) in [4.78, 5) is 24.4. The summed E-state index contributed by atoms with van der Waals surface area (Å²) in [6.45, 7) is 0.711. The number of nitrogens with zero attached hydrogens (tertiary/aromatic N) is 1. The molecule has 1 saturated heterocycles. The van der Waals surface area contributed by atoms with Gasteiger partial charge >= 0.3 is 5.97 Å². The quantitative estimate of drug-likeness (QED) is 0.816.